The molecule has 0 fully saturated rings. The van der Waals surface area contributed by atoms with Crippen LogP contribution in [0.4, 0.5) is 0 Å². The van der Waals surface area contributed by atoms with Crippen LogP contribution in [-0.2, 0) is 6.54 Å². The quantitative estimate of drug-likeness (QED) is 0.500. The summed E-state index contributed by atoms with van der Waals surface area (Å²) < 4.78 is 12.0. The molecule has 0 radical (unpaired) electrons. The zero-order valence-corrected chi connectivity index (χ0v) is 17.6. The first kappa shape index (κ1) is 19.6. The van der Waals surface area contributed by atoms with E-state index in [9.17, 15) is 4.79 Å². The molecule has 2 heterocycles. The number of aromatic nitrogens is 2. The fourth-order valence-corrected chi connectivity index (χ4v) is 3.55. The van der Waals surface area contributed by atoms with Gasteiger partial charge in [0.15, 0.2) is 0 Å². The van der Waals surface area contributed by atoms with E-state index in [2.05, 4.69) is 26.1 Å². The van der Waals surface area contributed by atoms with Crippen LogP contribution in [0, 0.1) is 13.8 Å². The summed E-state index contributed by atoms with van der Waals surface area (Å²) in [5.41, 5.74) is 1.18. The lowest BCUT2D eigenvalue weighted by atomic mass is 10.2. The number of halogens is 2. The zero-order valence-electron chi connectivity index (χ0n) is 15.3. The van der Waals surface area contributed by atoms with Crippen molar-refractivity contribution >= 4 is 33.4 Å². The summed E-state index contributed by atoms with van der Waals surface area (Å²) in [6.07, 6.45) is 0.796. The van der Waals surface area contributed by atoms with Gasteiger partial charge in [-0.25, -0.2) is 0 Å². The Morgan fingerprint density at radius 1 is 1.19 bits per heavy atom. The zero-order chi connectivity index (χ0) is 19.6. The molecule has 0 aliphatic heterocycles. The first-order valence-corrected chi connectivity index (χ1v) is 9.71. The number of hydrogen-bond donors (Lipinski definition) is 0. The third kappa shape index (κ3) is 4.09. The highest BCUT2D eigenvalue weighted by Gasteiger charge is 2.26. The summed E-state index contributed by atoms with van der Waals surface area (Å²) in [6, 6.07) is 7.25. The van der Waals surface area contributed by atoms with E-state index in [1.165, 1.54) is 0 Å². The highest BCUT2D eigenvalue weighted by Crippen LogP contribution is 2.30. The molecular formula is C19H19BrClN3O3. The van der Waals surface area contributed by atoms with Crippen molar-refractivity contribution in [3.63, 3.8) is 0 Å². The second-order valence-electron chi connectivity index (χ2n) is 6.11. The van der Waals surface area contributed by atoms with Gasteiger partial charge in [0.1, 0.15) is 11.5 Å². The molecule has 3 rings (SSSR count). The molecule has 0 saturated heterocycles. The summed E-state index contributed by atoms with van der Waals surface area (Å²) in [5.74, 6) is 1.78. The predicted octanol–water partition coefficient (Wildman–Crippen LogP) is 5.41. The van der Waals surface area contributed by atoms with Gasteiger partial charge in [0.05, 0.1) is 27.2 Å². The molecule has 2 aromatic heterocycles. The maximum atomic E-state index is 13.1. The van der Waals surface area contributed by atoms with Crippen molar-refractivity contribution in [1.29, 1.82) is 0 Å². The van der Waals surface area contributed by atoms with Crippen molar-refractivity contribution in [1.82, 2.24) is 15.1 Å². The van der Waals surface area contributed by atoms with Gasteiger partial charge in [-0.15, -0.1) is 10.2 Å². The number of hydrogen-bond acceptors (Lipinski definition) is 5. The predicted molar refractivity (Wildman–Crippen MR) is 106 cm³/mol. The lowest BCUT2D eigenvalue weighted by molar-refractivity contribution is 0.0726. The van der Waals surface area contributed by atoms with Crippen LogP contribution in [0.3, 0.4) is 0 Å². The van der Waals surface area contributed by atoms with Gasteiger partial charge in [0, 0.05) is 6.54 Å². The van der Waals surface area contributed by atoms with Crippen molar-refractivity contribution in [2.45, 2.75) is 33.7 Å². The fraction of sp³-hybridized carbons (Fsp3) is 0.316. The number of benzene rings is 1. The summed E-state index contributed by atoms with van der Waals surface area (Å²) >= 11 is 9.63. The molecule has 27 heavy (non-hydrogen) atoms. The van der Waals surface area contributed by atoms with Crippen LogP contribution in [0.25, 0.3) is 11.5 Å². The van der Waals surface area contributed by atoms with Gasteiger partial charge in [-0.1, -0.05) is 30.7 Å². The van der Waals surface area contributed by atoms with Crippen LogP contribution in [0.15, 0.2) is 37.6 Å². The van der Waals surface area contributed by atoms with Gasteiger partial charge in [-0.3, -0.25) is 4.79 Å². The molecular weight excluding hydrogens is 434 g/mol. The molecule has 0 unspecified atom stereocenters. The lowest BCUT2D eigenvalue weighted by Crippen LogP contribution is -2.31. The second-order valence-corrected chi connectivity index (χ2v) is 7.31. The second kappa shape index (κ2) is 8.27. The average Bonchev–Trinajstić information content (AvgIpc) is 3.19. The smallest absolute Gasteiger partial charge is 0.259 e. The largest absolute Gasteiger partial charge is 0.465 e. The van der Waals surface area contributed by atoms with Crippen LogP contribution < -0.4 is 0 Å². The minimum atomic E-state index is -0.143. The number of rotatable bonds is 6. The van der Waals surface area contributed by atoms with Gasteiger partial charge in [0.2, 0.25) is 11.8 Å². The molecule has 1 aromatic carbocycles. The number of amides is 1. The molecule has 0 aliphatic carbocycles. The molecule has 0 N–H and O–H groups in total. The molecule has 0 saturated carbocycles. The Hall–Kier alpha value is -2.12. The standard InChI is InChI=1S/C19H19BrClN3O3/c1-4-9-24(19(25)16-11(2)26-12(3)17(16)20)10-15-22-23-18(27-15)13-7-5-6-8-14(13)21/h5-8H,4,9-10H2,1-3H3. The van der Waals surface area contributed by atoms with Gasteiger partial charge < -0.3 is 13.7 Å². The maximum absolute atomic E-state index is 13.1. The summed E-state index contributed by atoms with van der Waals surface area (Å²) in [4.78, 5) is 14.7. The Morgan fingerprint density at radius 2 is 1.93 bits per heavy atom. The third-order valence-corrected chi connectivity index (χ3v) is 5.36. The number of furan rings is 1. The first-order valence-electron chi connectivity index (χ1n) is 8.54. The highest BCUT2D eigenvalue weighted by molar-refractivity contribution is 9.10. The van der Waals surface area contributed by atoms with E-state index in [1.54, 1.807) is 17.9 Å². The van der Waals surface area contributed by atoms with Crippen molar-refractivity contribution in [3.05, 3.63) is 56.7 Å². The van der Waals surface area contributed by atoms with E-state index in [-0.39, 0.29) is 12.5 Å². The van der Waals surface area contributed by atoms with E-state index in [0.717, 1.165) is 6.42 Å². The van der Waals surface area contributed by atoms with Gasteiger partial charge in [-0.05, 0) is 48.3 Å². The fourth-order valence-electron chi connectivity index (χ4n) is 2.81. The monoisotopic (exact) mass is 451 g/mol. The van der Waals surface area contributed by atoms with Gasteiger partial charge >= 0.3 is 0 Å². The lowest BCUT2D eigenvalue weighted by Gasteiger charge is -2.20. The molecule has 0 atom stereocenters. The number of carbonyl (C=O) groups is 1. The number of carbonyl (C=O) groups excluding carboxylic acids is 1. The topological polar surface area (TPSA) is 72.4 Å². The summed E-state index contributed by atoms with van der Waals surface area (Å²) in [6.45, 7) is 6.36. The van der Waals surface area contributed by atoms with Crippen LogP contribution in [-0.4, -0.2) is 27.5 Å². The Bertz CT molecular complexity index is 967. The molecule has 0 spiro atoms. The Labute approximate surface area is 170 Å². The molecule has 1 amide bonds. The van der Waals surface area contributed by atoms with E-state index < -0.39 is 0 Å². The molecule has 3 aromatic rings. The van der Waals surface area contributed by atoms with Crippen molar-refractivity contribution in [2.24, 2.45) is 0 Å². The average molecular weight is 453 g/mol. The Morgan fingerprint density at radius 3 is 2.56 bits per heavy atom. The van der Waals surface area contributed by atoms with Crippen LogP contribution in [0.2, 0.25) is 5.02 Å². The molecule has 6 nitrogen and oxygen atoms in total. The molecule has 0 aliphatic rings. The van der Waals surface area contributed by atoms with E-state index in [0.29, 0.717) is 50.5 Å². The van der Waals surface area contributed by atoms with E-state index in [4.69, 9.17) is 20.4 Å². The molecule has 0 bridgehead atoms. The van der Waals surface area contributed by atoms with Crippen LogP contribution in [0.5, 0.6) is 0 Å². The Balaban J connectivity index is 1.85. The summed E-state index contributed by atoms with van der Waals surface area (Å²) in [7, 11) is 0. The number of aryl methyl sites for hydroxylation is 2. The van der Waals surface area contributed by atoms with E-state index >= 15 is 0 Å². The summed E-state index contributed by atoms with van der Waals surface area (Å²) in [5, 5.41) is 8.67. The van der Waals surface area contributed by atoms with Crippen molar-refractivity contribution < 1.29 is 13.6 Å². The van der Waals surface area contributed by atoms with Crippen molar-refractivity contribution in [2.75, 3.05) is 6.54 Å². The molecule has 8 heteroatoms. The van der Waals surface area contributed by atoms with Gasteiger partial charge in [0.25, 0.3) is 5.91 Å². The maximum Gasteiger partial charge on any atom is 0.259 e. The number of nitrogens with zero attached hydrogens (tertiary/aromatic N) is 3. The minimum Gasteiger partial charge on any atom is -0.465 e. The van der Waals surface area contributed by atoms with E-state index in [1.807, 2.05) is 32.0 Å². The van der Waals surface area contributed by atoms with Crippen molar-refractivity contribution in [3.8, 4) is 11.5 Å². The highest BCUT2D eigenvalue weighted by atomic mass is 79.9. The minimum absolute atomic E-state index is 0.143. The van der Waals surface area contributed by atoms with Crippen LogP contribution >= 0.6 is 27.5 Å². The first-order chi connectivity index (χ1) is 12.9. The normalized spacial score (nSPS) is 11.0. The molecule has 142 valence electrons. The third-order valence-electron chi connectivity index (χ3n) is 4.08. The van der Waals surface area contributed by atoms with Gasteiger partial charge in [-0.2, -0.15) is 0 Å². The van der Waals surface area contributed by atoms with Crippen LogP contribution in [0.1, 0.15) is 41.1 Å². The Kier molecular flexibility index (Phi) is 6.01. The SMILES string of the molecule is CCCN(Cc1nnc(-c2ccccc2Cl)o1)C(=O)c1c(C)oc(C)c1Br.